The average molecular weight is 690 g/mol. The number of hydrogen-bond acceptors (Lipinski definition) is 3. The Labute approximate surface area is 315 Å². The van der Waals surface area contributed by atoms with Gasteiger partial charge in [-0.3, -0.25) is 4.99 Å². The molecule has 1 aliphatic rings. The van der Waals surface area contributed by atoms with Crippen molar-refractivity contribution in [1.29, 1.82) is 5.26 Å². The van der Waals surface area contributed by atoms with Gasteiger partial charge in [-0.05, 0) is 130 Å². The summed E-state index contributed by atoms with van der Waals surface area (Å²) in [5.74, 6) is 0. The van der Waals surface area contributed by atoms with Crippen LogP contribution in [0.4, 0.5) is 0 Å². The Hall–Kier alpha value is -6.34. The first-order chi connectivity index (χ1) is 26.1. The third-order valence-electron chi connectivity index (χ3n) is 9.05. The molecule has 0 heterocycles. The maximum absolute atomic E-state index is 9.98. The molecular weight excluding hydrogens is 643 g/mol. The first-order valence-electron chi connectivity index (χ1n) is 18.1. The summed E-state index contributed by atoms with van der Waals surface area (Å²) in [5.41, 5.74) is 19.7. The summed E-state index contributed by atoms with van der Waals surface area (Å²) in [7, 11) is 0. The third-order valence-corrected chi connectivity index (χ3v) is 9.05. The van der Waals surface area contributed by atoms with E-state index in [2.05, 4.69) is 141 Å². The van der Waals surface area contributed by atoms with Crippen LogP contribution in [0.1, 0.15) is 47.6 Å². The van der Waals surface area contributed by atoms with Crippen molar-refractivity contribution < 1.29 is 0 Å². The van der Waals surface area contributed by atoms with E-state index in [9.17, 15) is 5.26 Å². The lowest BCUT2D eigenvalue weighted by atomic mass is 9.90. The first kappa shape index (κ1) is 37.9. The minimum absolute atomic E-state index is 0.560. The van der Waals surface area contributed by atoms with Gasteiger partial charge < -0.3 is 5.73 Å². The standard InChI is InChI=1S/C40H32N2.C8H11N.C2H4/c1-29(31-12-5-2-6-13-31)42-28-30-20-21-36(27-41)40(22-30)35-19-11-18-34(23-35)39-25-37(32-14-7-3-8-15-32)24-38(26-39)33-16-9-4-10-17-33;9-7-6-8-4-2-1-3-5-8;1-2/h2-3,5-9,11-26H,4,10,28H2,1H3;1-5H,6-7,9H2;1-2H2. The van der Waals surface area contributed by atoms with Crippen LogP contribution < -0.4 is 5.73 Å². The molecule has 6 aromatic rings. The van der Waals surface area contributed by atoms with E-state index in [-0.39, 0.29) is 0 Å². The number of rotatable bonds is 9. The fraction of sp³-hybridized carbons (Fsp3) is 0.120. The third kappa shape index (κ3) is 10.6. The highest BCUT2D eigenvalue weighted by atomic mass is 14.7. The van der Waals surface area contributed by atoms with E-state index in [1.807, 2.05) is 55.5 Å². The highest BCUT2D eigenvalue weighted by Crippen LogP contribution is 2.35. The molecule has 3 nitrogen and oxygen atoms in total. The molecule has 53 heavy (non-hydrogen) atoms. The van der Waals surface area contributed by atoms with Gasteiger partial charge >= 0.3 is 0 Å². The number of allylic oxidation sites excluding steroid dienone is 4. The summed E-state index contributed by atoms with van der Waals surface area (Å²) >= 11 is 0. The van der Waals surface area contributed by atoms with Gasteiger partial charge in [0.2, 0.25) is 0 Å². The predicted molar refractivity (Wildman–Crippen MR) is 227 cm³/mol. The monoisotopic (exact) mass is 689 g/mol. The van der Waals surface area contributed by atoms with Crippen molar-refractivity contribution >= 4 is 11.3 Å². The molecule has 0 aromatic heterocycles. The maximum atomic E-state index is 9.98. The molecule has 262 valence electrons. The van der Waals surface area contributed by atoms with Crippen molar-refractivity contribution in [2.75, 3.05) is 6.54 Å². The fourth-order valence-corrected chi connectivity index (χ4v) is 6.27. The van der Waals surface area contributed by atoms with Crippen molar-refractivity contribution in [2.45, 2.75) is 32.7 Å². The van der Waals surface area contributed by atoms with Crippen LogP contribution in [0.2, 0.25) is 0 Å². The lowest BCUT2D eigenvalue weighted by molar-refractivity contribution is 0.969. The molecule has 0 saturated heterocycles. The Balaban J connectivity index is 0.000000427. The Bertz CT molecular complexity index is 2210. The van der Waals surface area contributed by atoms with Crippen LogP contribution in [-0.2, 0) is 13.0 Å². The van der Waals surface area contributed by atoms with Crippen molar-refractivity contribution in [1.82, 2.24) is 0 Å². The SMILES string of the molecule is C=C.CC(=NCc1ccc(C#N)c(-c2cccc(-c3cc(C4=CCCC=C4)cc(-c4ccccc4)c3)c2)c1)c1ccccc1.NCCc1ccccc1. The molecule has 0 saturated carbocycles. The molecule has 2 N–H and O–H groups in total. The van der Waals surface area contributed by atoms with E-state index in [4.69, 9.17) is 10.7 Å². The number of aliphatic imine (C=N–C) groups is 1. The van der Waals surface area contributed by atoms with Gasteiger partial charge in [-0.2, -0.15) is 5.26 Å². The molecule has 3 heteroatoms. The van der Waals surface area contributed by atoms with Crippen LogP contribution in [-0.4, -0.2) is 12.3 Å². The molecule has 0 radical (unpaired) electrons. The second kappa shape index (κ2) is 19.9. The molecule has 0 atom stereocenters. The van der Waals surface area contributed by atoms with Crippen molar-refractivity contribution in [3.8, 4) is 39.4 Å². The Morgan fingerprint density at radius 3 is 1.91 bits per heavy atom. The van der Waals surface area contributed by atoms with Gasteiger partial charge in [0, 0.05) is 5.71 Å². The zero-order valence-corrected chi connectivity index (χ0v) is 30.6. The van der Waals surface area contributed by atoms with E-state index in [0.717, 1.165) is 64.9 Å². The molecule has 7 rings (SSSR count). The molecule has 1 aliphatic carbocycles. The van der Waals surface area contributed by atoms with Gasteiger partial charge in [0.05, 0.1) is 18.2 Å². The summed E-state index contributed by atoms with van der Waals surface area (Å²) in [6.45, 7) is 9.34. The minimum atomic E-state index is 0.560. The minimum Gasteiger partial charge on any atom is -0.330 e. The van der Waals surface area contributed by atoms with Crippen LogP contribution in [0.25, 0.3) is 39.0 Å². The second-order valence-electron chi connectivity index (χ2n) is 12.7. The molecule has 0 spiro atoms. The lowest BCUT2D eigenvalue weighted by Crippen LogP contribution is -2.01. The fourth-order valence-electron chi connectivity index (χ4n) is 6.27. The van der Waals surface area contributed by atoms with Crippen molar-refractivity contribution in [2.24, 2.45) is 10.7 Å². The highest BCUT2D eigenvalue weighted by molar-refractivity contribution is 5.98. The lowest BCUT2D eigenvalue weighted by Gasteiger charge is -2.14. The van der Waals surface area contributed by atoms with Gasteiger partial charge in [0.25, 0.3) is 0 Å². The normalized spacial score (nSPS) is 11.9. The number of benzene rings is 6. The smallest absolute Gasteiger partial charge is 0.0998 e. The molecule has 0 fully saturated rings. The first-order valence-corrected chi connectivity index (χ1v) is 18.1. The Morgan fingerprint density at radius 2 is 1.25 bits per heavy atom. The van der Waals surface area contributed by atoms with Gasteiger partial charge in [-0.1, -0.05) is 133 Å². The second-order valence-corrected chi connectivity index (χ2v) is 12.7. The number of nitriles is 1. The van der Waals surface area contributed by atoms with E-state index in [1.54, 1.807) is 0 Å². The van der Waals surface area contributed by atoms with Crippen molar-refractivity contribution in [3.63, 3.8) is 0 Å². The summed E-state index contributed by atoms with van der Waals surface area (Å²) in [5, 5.41) is 9.98. The Morgan fingerprint density at radius 1 is 0.642 bits per heavy atom. The van der Waals surface area contributed by atoms with Gasteiger partial charge in [0.15, 0.2) is 0 Å². The van der Waals surface area contributed by atoms with Crippen LogP contribution in [0.5, 0.6) is 0 Å². The van der Waals surface area contributed by atoms with Gasteiger partial charge in [0.1, 0.15) is 0 Å². The number of hydrogen-bond donors (Lipinski definition) is 1. The summed E-state index contributed by atoms with van der Waals surface area (Å²) in [6, 6.07) is 54.9. The average Bonchev–Trinajstić information content (AvgIpc) is 3.25. The Kier molecular flexibility index (Phi) is 14.2. The molecule has 0 unspecified atom stereocenters. The summed E-state index contributed by atoms with van der Waals surface area (Å²) in [6.07, 6.45) is 9.97. The summed E-state index contributed by atoms with van der Waals surface area (Å²) < 4.78 is 0. The summed E-state index contributed by atoms with van der Waals surface area (Å²) in [4.78, 5) is 4.84. The van der Waals surface area contributed by atoms with Crippen LogP contribution in [0.15, 0.2) is 188 Å². The largest absolute Gasteiger partial charge is 0.330 e. The van der Waals surface area contributed by atoms with Gasteiger partial charge in [-0.25, -0.2) is 0 Å². The van der Waals surface area contributed by atoms with E-state index in [1.165, 1.54) is 27.8 Å². The van der Waals surface area contributed by atoms with Crippen LogP contribution >= 0.6 is 0 Å². The van der Waals surface area contributed by atoms with E-state index < -0.39 is 0 Å². The van der Waals surface area contributed by atoms with Crippen molar-refractivity contribution in [3.05, 3.63) is 211 Å². The molecular formula is C50H47N3. The van der Waals surface area contributed by atoms with E-state index >= 15 is 0 Å². The number of nitrogens with two attached hydrogens (primary N) is 1. The number of nitrogens with zero attached hydrogens (tertiary/aromatic N) is 2. The molecule has 0 amide bonds. The molecule has 0 aliphatic heterocycles. The van der Waals surface area contributed by atoms with E-state index in [0.29, 0.717) is 12.1 Å². The predicted octanol–water partition coefficient (Wildman–Crippen LogP) is 12.3. The van der Waals surface area contributed by atoms with Crippen LogP contribution in [0.3, 0.4) is 0 Å². The van der Waals surface area contributed by atoms with Gasteiger partial charge in [-0.15, -0.1) is 13.2 Å². The molecule has 0 bridgehead atoms. The quantitative estimate of drug-likeness (QED) is 0.121. The maximum Gasteiger partial charge on any atom is 0.0998 e. The molecule has 6 aromatic carbocycles. The topological polar surface area (TPSA) is 62.2 Å². The highest BCUT2D eigenvalue weighted by Gasteiger charge is 2.12. The van der Waals surface area contributed by atoms with Crippen LogP contribution in [0, 0.1) is 11.3 Å². The zero-order valence-electron chi connectivity index (χ0n) is 30.6. The zero-order chi connectivity index (χ0) is 37.3.